The van der Waals surface area contributed by atoms with Gasteiger partial charge in [-0.3, -0.25) is 9.69 Å². The van der Waals surface area contributed by atoms with Gasteiger partial charge in [0, 0.05) is 31.7 Å². The molecule has 31 heavy (non-hydrogen) atoms. The van der Waals surface area contributed by atoms with Gasteiger partial charge in [-0.05, 0) is 43.7 Å². The van der Waals surface area contributed by atoms with E-state index in [0.29, 0.717) is 19.6 Å². The molecule has 0 bridgehead atoms. The van der Waals surface area contributed by atoms with Crippen LogP contribution in [0.4, 0.5) is 4.39 Å². The molecule has 2 unspecified atom stereocenters. The predicted octanol–water partition coefficient (Wildman–Crippen LogP) is 4.33. The molecule has 1 aliphatic heterocycles. The molecule has 1 aliphatic rings. The van der Waals surface area contributed by atoms with Crippen molar-refractivity contribution >= 4 is 35.1 Å². The van der Waals surface area contributed by atoms with Crippen molar-refractivity contribution in [2.75, 3.05) is 19.7 Å². The zero-order valence-electron chi connectivity index (χ0n) is 17.1. The number of aromatic carboxylic acids is 1. The Bertz CT molecular complexity index is 947. The largest absolute Gasteiger partial charge is 0.481 e. The predicted molar refractivity (Wildman–Crippen MR) is 116 cm³/mol. The molecule has 1 N–H and O–H groups in total. The van der Waals surface area contributed by atoms with Crippen molar-refractivity contribution in [2.24, 2.45) is 0 Å². The van der Waals surface area contributed by atoms with Gasteiger partial charge in [0.25, 0.3) is 5.91 Å². The van der Waals surface area contributed by atoms with Crippen molar-refractivity contribution in [3.05, 3.63) is 63.4 Å². The van der Waals surface area contributed by atoms with Crippen LogP contribution in [0.1, 0.15) is 29.8 Å². The fourth-order valence-corrected chi connectivity index (χ4v) is 4.22. The third-order valence-corrected chi connectivity index (χ3v) is 5.88. The van der Waals surface area contributed by atoms with E-state index < -0.39 is 5.97 Å². The van der Waals surface area contributed by atoms with Crippen LogP contribution >= 0.6 is 23.2 Å². The van der Waals surface area contributed by atoms with Gasteiger partial charge in [-0.15, -0.1) is 0 Å². The lowest BCUT2D eigenvalue weighted by Gasteiger charge is -2.44. The number of rotatable bonds is 6. The molecule has 6 nitrogen and oxygen atoms in total. The van der Waals surface area contributed by atoms with Crippen LogP contribution in [0.25, 0.3) is 0 Å². The molecule has 3 rings (SSSR count). The highest BCUT2D eigenvalue weighted by Gasteiger charge is 2.32. The molecule has 2 aromatic carbocycles. The fourth-order valence-electron chi connectivity index (χ4n) is 3.63. The molecule has 0 radical (unpaired) electrons. The van der Waals surface area contributed by atoms with Crippen LogP contribution in [0, 0.1) is 5.82 Å². The van der Waals surface area contributed by atoms with E-state index in [1.807, 2.05) is 13.8 Å². The Morgan fingerprint density at radius 2 is 1.71 bits per heavy atom. The summed E-state index contributed by atoms with van der Waals surface area (Å²) in [5, 5.41) is 9.12. The Balaban J connectivity index is 1.60. The van der Waals surface area contributed by atoms with Gasteiger partial charge in [0.1, 0.15) is 5.82 Å². The van der Waals surface area contributed by atoms with Crippen molar-refractivity contribution < 1.29 is 23.8 Å². The molecule has 0 spiro atoms. The van der Waals surface area contributed by atoms with E-state index in [0.717, 1.165) is 5.56 Å². The summed E-state index contributed by atoms with van der Waals surface area (Å²) in [5.41, 5.74) is 0.950. The van der Waals surface area contributed by atoms with E-state index >= 15 is 0 Å². The van der Waals surface area contributed by atoms with E-state index in [4.69, 9.17) is 33.0 Å². The van der Waals surface area contributed by atoms with Crippen LogP contribution in [-0.2, 0) is 11.3 Å². The number of carbonyl (C=O) groups excluding carboxylic acids is 1. The number of hydrogen-bond donors (Lipinski definition) is 1. The third kappa shape index (κ3) is 5.67. The summed E-state index contributed by atoms with van der Waals surface area (Å²) in [6.45, 7) is 5.59. The number of benzene rings is 2. The molecule has 1 amide bonds. The SMILES string of the molecule is CC1CN(C(=O)COc2c(Cl)cc(C(=O)O)cc2Cl)C(C)CN1Cc1ccc(F)cc1. The minimum atomic E-state index is -1.16. The Morgan fingerprint density at radius 1 is 1.10 bits per heavy atom. The number of nitrogens with zero attached hydrogens (tertiary/aromatic N) is 2. The molecule has 0 aromatic heterocycles. The molecule has 1 saturated heterocycles. The highest BCUT2D eigenvalue weighted by atomic mass is 35.5. The number of piperazine rings is 1. The summed E-state index contributed by atoms with van der Waals surface area (Å²) < 4.78 is 18.7. The second-order valence-electron chi connectivity index (χ2n) is 7.66. The van der Waals surface area contributed by atoms with Gasteiger partial charge in [-0.2, -0.15) is 0 Å². The van der Waals surface area contributed by atoms with E-state index in [1.165, 1.54) is 24.3 Å². The minimum absolute atomic E-state index is 0.0308. The van der Waals surface area contributed by atoms with Crippen LogP contribution in [-0.4, -0.2) is 58.6 Å². The van der Waals surface area contributed by atoms with Gasteiger partial charge in [0.05, 0.1) is 15.6 Å². The lowest BCUT2D eigenvalue weighted by atomic mass is 10.1. The molecule has 0 aliphatic carbocycles. The monoisotopic (exact) mass is 468 g/mol. The minimum Gasteiger partial charge on any atom is -0.481 e. The smallest absolute Gasteiger partial charge is 0.335 e. The van der Waals surface area contributed by atoms with Crippen LogP contribution in [0.2, 0.25) is 10.0 Å². The summed E-state index contributed by atoms with van der Waals surface area (Å²) in [6.07, 6.45) is 0. The van der Waals surface area contributed by atoms with Gasteiger partial charge >= 0.3 is 5.97 Å². The maximum absolute atomic E-state index is 13.1. The number of hydrogen-bond acceptors (Lipinski definition) is 4. The fraction of sp³-hybridized carbons (Fsp3) is 0.364. The van der Waals surface area contributed by atoms with E-state index in [-0.39, 0.29) is 51.8 Å². The molecular formula is C22H23Cl2FN2O4. The average molecular weight is 469 g/mol. The van der Waals surface area contributed by atoms with Crippen LogP contribution in [0.5, 0.6) is 5.75 Å². The summed E-state index contributed by atoms with van der Waals surface area (Å²) >= 11 is 12.2. The molecule has 1 heterocycles. The van der Waals surface area contributed by atoms with Crippen molar-refractivity contribution in [3.8, 4) is 5.75 Å². The first-order valence-electron chi connectivity index (χ1n) is 9.78. The summed E-state index contributed by atoms with van der Waals surface area (Å²) in [5.74, 6) is -1.56. The normalized spacial score (nSPS) is 19.3. The van der Waals surface area contributed by atoms with E-state index in [9.17, 15) is 14.0 Å². The van der Waals surface area contributed by atoms with Gasteiger partial charge in [-0.25, -0.2) is 9.18 Å². The molecule has 1 fully saturated rings. The van der Waals surface area contributed by atoms with Gasteiger partial charge in [0.2, 0.25) is 0 Å². The highest BCUT2D eigenvalue weighted by molar-refractivity contribution is 6.37. The maximum atomic E-state index is 13.1. The number of carboxylic acids is 1. The van der Waals surface area contributed by atoms with Crippen molar-refractivity contribution in [1.82, 2.24) is 9.80 Å². The maximum Gasteiger partial charge on any atom is 0.335 e. The second-order valence-corrected chi connectivity index (χ2v) is 8.48. The molecule has 9 heteroatoms. The molecular weight excluding hydrogens is 446 g/mol. The molecule has 0 saturated carbocycles. The Hall–Kier alpha value is -2.35. The number of halogens is 3. The molecule has 166 valence electrons. The Morgan fingerprint density at radius 3 is 2.29 bits per heavy atom. The lowest BCUT2D eigenvalue weighted by Crippen LogP contribution is -2.58. The van der Waals surface area contributed by atoms with Crippen LogP contribution in [0.3, 0.4) is 0 Å². The Labute approximate surface area is 190 Å². The highest BCUT2D eigenvalue weighted by Crippen LogP contribution is 2.34. The Kier molecular flexibility index (Phi) is 7.41. The quantitative estimate of drug-likeness (QED) is 0.682. The number of amides is 1. The van der Waals surface area contributed by atoms with Crippen molar-refractivity contribution in [2.45, 2.75) is 32.5 Å². The average Bonchev–Trinajstić information content (AvgIpc) is 2.71. The zero-order chi connectivity index (χ0) is 22.7. The number of ether oxygens (including phenoxy) is 1. The first-order valence-corrected chi connectivity index (χ1v) is 10.5. The van der Waals surface area contributed by atoms with E-state index in [2.05, 4.69) is 4.90 Å². The van der Waals surface area contributed by atoms with Crippen molar-refractivity contribution in [3.63, 3.8) is 0 Å². The first kappa shape index (κ1) is 23.3. The summed E-state index contributed by atoms with van der Waals surface area (Å²) in [7, 11) is 0. The third-order valence-electron chi connectivity index (χ3n) is 5.32. The lowest BCUT2D eigenvalue weighted by molar-refractivity contribution is -0.139. The first-order chi connectivity index (χ1) is 14.7. The standard InChI is InChI=1S/C22H23Cl2FN2O4/c1-13-10-27(14(2)9-26(13)11-15-3-5-17(25)6-4-15)20(28)12-31-21-18(23)7-16(22(29)30)8-19(21)24/h3-8,13-14H,9-12H2,1-2H3,(H,29,30). The van der Waals surface area contributed by atoms with Gasteiger partial charge in [-0.1, -0.05) is 35.3 Å². The number of carboxylic acid groups (broad SMARTS) is 1. The van der Waals surface area contributed by atoms with Crippen molar-refractivity contribution in [1.29, 1.82) is 0 Å². The van der Waals surface area contributed by atoms with Crippen LogP contribution in [0.15, 0.2) is 36.4 Å². The summed E-state index contributed by atoms with van der Waals surface area (Å²) in [4.78, 5) is 27.9. The van der Waals surface area contributed by atoms with E-state index in [1.54, 1.807) is 17.0 Å². The van der Waals surface area contributed by atoms with Gasteiger partial charge in [0.15, 0.2) is 12.4 Å². The zero-order valence-corrected chi connectivity index (χ0v) is 18.7. The van der Waals surface area contributed by atoms with Gasteiger partial charge < -0.3 is 14.7 Å². The van der Waals surface area contributed by atoms with Crippen LogP contribution < -0.4 is 4.74 Å². The second kappa shape index (κ2) is 9.85. The summed E-state index contributed by atoms with van der Waals surface area (Å²) in [6, 6.07) is 8.94. The molecule has 2 aromatic rings. The topological polar surface area (TPSA) is 70.1 Å². The number of carbonyl (C=O) groups is 2. The molecule has 2 atom stereocenters.